The van der Waals surface area contributed by atoms with E-state index in [1.54, 1.807) is 24.4 Å². The molecule has 4 aromatic rings. The summed E-state index contributed by atoms with van der Waals surface area (Å²) < 4.78 is 31.0. The number of aromatic nitrogens is 4. The monoisotopic (exact) mass is 425 g/mol. The molecule has 0 aliphatic carbocycles. The molecule has 30 heavy (non-hydrogen) atoms. The number of fused-ring (bicyclic) bond motifs is 3. The van der Waals surface area contributed by atoms with Gasteiger partial charge >= 0.3 is 0 Å². The maximum atomic E-state index is 12.2. The van der Waals surface area contributed by atoms with Crippen molar-refractivity contribution in [3.8, 4) is 17.1 Å². The summed E-state index contributed by atoms with van der Waals surface area (Å²) in [6, 6.07) is 6.94. The van der Waals surface area contributed by atoms with Crippen molar-refractivity contribution in [1.29, 1.82) is 0 Å². The summed E-state index contributed by atoms with van der Waals surface area (Å²) >= 11 is 0. The van der Waals surface area contributed by atoms with Crippen LogP contribution in [0.2, 0.25) is 0 Å². The summed E-state index contributed by atoms with van der Waals surface area (Å²) in [4.78, 5) is 15.7. The molecule has 1 aliphatic rings. The number of benzene rings is 1. The topological polar surface area (TPSA) is 110 Å². The molecular weight excluding hydrogens is 406 g/mol. The van der Waals surface area contributed by atoms with Crippen molar-refractivity contribution in [2.24, 2.45) is 0 Å². The number of nitrogens with zero attached hydrogens (tertiary/aromatic N) is 5. The van der Waals surface area contributed by atoms with Crippen molar-refractivity contribution >= 4 is 37.6 Å². The molecule has 5 rings (SSSR count). The lowest BCUT2D eigenvalue weighted by molar-refractivity contribution is 0.122. The minimum atomic E-state index is -3.45. The number of hydrogen-bond donors (Lipinski definition) is 1. The molecular formula is C20H19N5O4S. The highest BCUT2D eigenvalue weighted by molar-refractivity contribution is 7.89. The Balaban J connectivity index is 1.82. The molecule has 0 unspecified atom stereocenters. The van der Waals surface area contributed by atoms with E-state index in [1.165, 1.54) is 22.6 Å². The minimum Gasteiger partial charge on any atom is -0.506 e. The third kappa shape index (κ3) is 3.14. The molecule has 0 radical (unpaired) electrons. The van der Waals surface area contributed by atoms with Gasteiger partial charge in [-0.3, -0.25) is 4.98 Å². The number of hydrogen-bond acceptors (Lipinski definition) is 8. The van der Waals surface area contributed by atoms with Gasteiger partial charge in [0.25, 0.3) is 0 Å². The molecule has 10 heteroatoms. The Bertz CT molecular complexity index is 1380. The Morgan fingerprint density at radius 2 is 1.87 bits per heavy atom. The summed E-state index contributed by atoms with van der Waals surface area (Å²) in [5.74, 6) is 1.17. The van der Waals surface area contributed by atoms with Crippen LogP contribution in [0.25, 0.3) is 33.2 Å². The van der Waals surface area contributed by atoms with E-state index >= 15 is 0 Å². The minimum absolute atomic E-state index is 0.0190. The van der Waals surface area contributed by atoms with Gasteiger partial charge in [-0.25, -0.2) is 22.4 Å². The first-order valence-corrected chi connectivity index (χ1v) is 11.3. The molecule has 1 N–H and O–H groups in total. The van der Waals surface area contributed by atoms with Crippen LogP contribution in [0.1, 0.15) is 0 Å². The second kappa shape index (κ2) is 6.92. The summed E-state index contributed by atoms with van der Waals surface area (Å²) in [5.41, 5.74) is 1.77. The van der Waals surface area contributed by atoms with E-state index in [0.717, 1.165) is 11.2 Å². The summed E-state index contributed by atoms with van der Waals surface area (Å²) in [6.07, 6.45) is 5.63. The van der Waals surface area contributed by atoms with Crippen molar-refractivity contribution in [3.05, 3.63) is 42.9 Å². The summed E-state index contributed by atoms with van der Waals surface area (Å²) in [7, 11) is -3.45. The first-order valence-electron chi connectivity index (χ1n) is 9.41. The summed E-state index contributed by atoms with van der Waals surface area (Å²) in [5, 5.41) is 11.4. The fourth-order valence-electron chi connectivity index (χ4n) is 3.75. The van der Waals surface area contributed by atoms with Crippen molar-refractivity contribution < 1.29 is 18.3 Å². The van der Waals surface area contributed by atoms with Gasteiger partial charge < -0.3 is 14.7 Å². The number of ether oxygens (including phenoxy) is 1. The SMILES string of the molecule is CS(=O)(=O)n1ccc2c3nc(-c4cncc(O)c4)nc(N4CCOCC4)c3ccc21. The molecule has 1 aromatic carbocycles. The van der Waals surface area contributed by atoms with Gasteiger partial charge in [0.15, 0.2) is 5.82 Å². The first kappa shape index (κ1) is 18.8. The third-order valence-corrected chi connectivity index (χ3v) is 6.16. The fourth-order valence-corrected chi connectivity index (χ4v) is 4.55. The molecule has 0 amide bonds. The van der Waals surface area contributed by atoms with Crippen LogP contribution < -0.4 is 4.90 Å². The normalized spacial score (nSPS) is 15.2. The van der Waals surface area contributed by atoms with Crippen LogP contribution in [0.5, 0.6) is 5.75 Å². The van der Waals surface area contributed by atoms with E-state index in [2.05, 4.69) is 9.88 Å². The Hall–Kier alpha value is -3.24. The standard InChI is InChI=1S/C20H19N5O4S/c1-30(27,28)25-5-4-15-17(25)3-2-16-18(15)22-19(13-10-14(26)12-21-11-13)23-20(16)24-6-8-29-9-7-24/h2-5,10-12,26H,6-9H2,1H3. The highest BCUT2D eigenvalue weighted by Crippen LogP contribution is 2.33. The predicted molar refractivity (Wildman–Crippen MR) is 113 cm³/mol. The second-order valence-electron chi connectivity index (χ2n) is 7.17. The molecule has 1 fully saturated rings. The molecule has 0 atom stereocenters. The van der Waals surface area contributed by atoms with Gasteiger partial charge in [-0.1, -0.05) is 0 Å². The zero-order chi connectivity index (χ0) is 20.9. The van der Waals surface area contributed by atoms with E-state index in [0.29, 0.717) is 54.1 Å². The molecule has 3 aromatic heterocycles. The van der Waals surface area contributed by atoms with Crippen molar-refractivity contribution in [1.82, 2.24) is 18.9 Å². The maximum absolute atomic E-state index is 12.2. The van der Waals surface area contributed by atoms with Crippen LogP contribution >= 0.6 is 0 Å². The van der Waals surface area contributed by atoms with E-state index < -0.39 is 10.0 Å². The predicted octanol–water partition coefficient (Wildman–Crippen LogP) is 2.00. The molecule has 0 saturated carbocycles. The molecule has 154 valence electrons. The Kier molecular flexibility index (Phi) is 4.33. The van der Waals surface area contributed by atoms with Gasteiger partial charge in [0.1, 0.15) is 11.6 Å². The number of aromatic hydroxyl groups is 1. The maximum Gasteiger partial charge on any atom is 0.236 e. The first-order chi connectivity index (χ1) is 14.4. The zero-order valence-corrected chi connectivity index (χ0v) is 17.0. The van der Waals surface area contributed by atoms with Crippen LogP contribution in [-0.2, 0) is 14.8 Å². The highest BCUT2D eigenvalue weighted by atomic mass is 32.2. The van der Waals surface area contributed by atoms with Crippen molar-refractivity contribution in [2.45, 2.75) is 0 Å². The van der Waals surface area contributed by atoms with Gasteiger partial charge in [0, 0.05) is 41.8 Å². The van der Waals surface area contributed by atoms with E-state index in [1.807, 2.05) is 6.07 Å². The smallest absolute Gasteiger partial charge is 0.236 e. The van der Waals surface area contributed by atoms with Gasteiger partial charge in [-0.15, -0.1) is 0 Å². The third-order valence-electron chi connectivity index (χ3n) is 5.13. The Morgan fingerprint density at radius 3 is 2.60 bits per heavy atom. The van der Waals surface area contributed by atoms with E-state index in [9.17, 15) is 13.5 Å². The average molecular weight is 425 g/mol. The number of pyridine rings is 1. The molecule has 0 bridgehead atoms. The van der Waals surface area contributed by atoms with Crippen molar-refractivity contribution in [3.63, 3.8) is 0 Å². The second-order valence-corrected chi connectivity index (χ2v) is 9.03. The Morgan fingerprint density at radius 1 is 1.07 bits per heavy atom. The van der Waals surface area contributed by atoms with Gasteiger partial charge in [0.2, 0.25) is 10.0 Å². The lowest BCUT2D eigenvalue weighted by Crippen LogP contribution is -2.37. The van der Waals surface area contributed by atoms with Crippen LogP contribution in [0.3, 0.4) is 0 Å². The number of anilines is 1. The highest BCUT2D eigenvalue weighted by Gasteiger charge is 2.21. The summed E-state index contributed by atoms with van der Waals surface area (Å²) in [6.45, 7) is 2.57. The van der Waals surface area contributed by atoms with E-state index in [-0.39, 0.29) is 5.75 Å². The number of morpholine rings is 1. The largest absolute Gasteiger partial charge is 0.506 e. The van der Waals surface area contributed by atoms with Crippen LogP contribution in [0, 0.1) is 0 Å². The van der Waals surface area contributed by atoms with Crippen LogP contribution in [0.15, 0.2) is 42.9 Å². The molecule has 1 aliphatic heterocycles. The van der Waals surface area contributed by atoms with Crippen LogP contribution in [-0.4, -0.2) is 65.0 Å². The number of rotatable bonds is 3. The Labute approximate surface area is 172 Å². The van der Waals surface area contributed by atoms with Gasteiger partial charge in [0.05, 0.1) is 36.7 Å². The fraction of sp³-hybridized carbons (Fsp3) is 0.250. The molecule has 4 heterocycles. The van der Waals surface area contributed by atoms with Gasteiger partial charge in [-0.2, -0.15) is 0 Å². The lowest BCUT2D eigenvalue weighted by Gasteiger charge is -2.29. The lowest BCUT2D eigenvalue weighted by atomic mass is 10.1. The quantitative estimate of drug-likeness (QED) is 0.531. The zero-order valence-electron chi connectivity index (χ0n) is 16.2. The molecule has 1 saturated heterocycles. The average Bonchev–Trinajstić information content (AvgIpc) is 3.19. The van der Waals surface area contributed by atoms with E-state index in [4.69, 9.17) is 14.7 Å². The van der Waals surface area contributed by atoms with Gasteiger partial charge in [-0.05, 0) is 24.3 Å². The van der Waals surface area contributed by atoms with Crippen LogP contribution in [0.4, 0.5) is 5.82 Å². The molecule has 9 nitrogen and oxygen atoms in total. The van der Waals surface area contributed by atoms with Crippen molar-refractivity contribution in [2.75, 3.05) is 37.5 Å². The molecule has 0 spiro atoms.